The number of nitrogens with zero attached hydrogens (tertiary/aromatic N) is 1. The standard InChI is InChI=1S/C26H27N3O4S/c1-4-9-20-24(26(31)33-13-5-2)23(21-12-8-14-32-21)18(15-27)25(29-20)34-16-22(30)28-19-11-7-6-10-17(19)3/h5-8,10-12,14,23,29H,2,4,9,13,16H2,1,3H3,(H,28,30). The van der Waals surface area contributed by atoms with Gasteiger partial charge in [0.25, 0.3) is 0 Å². The van der Waals surface area contributed by atoms with Crippen LogP contribution in [0.3, 0.4) is 0 Å². The predicted octanol–water partition coefficient (Wildman–Crippen LogP) is 5.17. The molecule has 0 saturated carbocycles. The number of aryl methyl sites for hydroxylation is 1. The summed E-state index contributed by atoms with van der Waals surface area (Å²) in [6.07, 6.45) is 4.32. The number of dihydropyridines is 1. The van der Waals surface area contributed by atoms with Gasteiger partial charge in [0.1, 0.15) is 12.4 Å². The third-order valence-corrected chi connectivity index (χ3v) is 6.20. The Labute approximate surface area is 203 Å². The van der Waals surface area contributed by atoms with E-state index in [1.54, 1.807) is 12.1 Å². The minimum atomic E-state index is -0.734. The van der Waals surface area contributed by atoms with Crippen molar-refractivity contribution < 1.29 is 18.7 Å². The normalized spacial score (nSPS) is 15.4. The van der Waals surface area contributed by atoms with Gasteiger partial charge in [-0.05, 0) is 37.1 Å². The number of rotatable bonds is 10. The summed E-state index contributed by atoms with van der Waals surface area (Å²) in [6, 6.07) is 13.2. The van der Waals surface area contributed by atoms with Crippen molar-refractivity contribution in [2.75, 3.05) is 17.7 Å². The van der Waals surface area contributed by atoms with Crippen LogP contribution in [0.5, 0.6) is 0 Å². The zero-order valence-electron chi connectivity index (χ0n) is 19.2. The van der Waals surface area contributed by atoms with Crippen LogP contribution in [0.25, 0.3) is 0 Å². The van der Waals surface area contributed by atoms with Crippen LogP contribution in [-0.4, -0.2) is 24.2 Å². The van der Waals surface area contributed by atoms with Crippen molar-refractivity contribution in [2.45, 2.75) is 32.6 Å². The van der Waals surface area contributed by atoms with Crippen LogP contribution in [0.1, 0.15) is 37.0 Å². The van der Waals surface area contributed by atoms with Crippen molar-refractivity contribution in [3.05, 3.63) is 88.5 Å². The maximum absolute atomic E-state index is 13.0. The zero-order valence-corrected chi connectivity index (χ0v) is 20.0. The molecule has 1 unspecified atom stereocenters. The molecular formula is C26H27N3O4S. The maximum Gasteiger partial charge on any atom is 0.337 e. The minimum Gasteiger partial charge on any atom is -0.468 e. The summed E-state index contributed by atoms with van der Waals surface area (Å²) >= 11 is 1.22. The second-order valence-corrected chi connectivity index (χ2v) is 8.59. The van der Waals surface area contributed by atoms with Crippen LogP contribution < -0.4 is 10.6 Å². The van der Waals surface area contributed by atoms with Gasteiger partial charge in [0.2, 0.25) is 5.91 Å². The number of nitrogens with one attached hydrogen (secondary N) is 2. The quantitative estimate of drug-likeness (QED) is 0.359. The lowest BCUT2D eigenvalue weighted by Crippen LogP contribution is -2.30. The summed E-state index contributed by atoms with van der Waals surface area (Å²) in [5.41, 5.74) is 2.99. The molecule has 0 saturated heterocycles. The fraction of sp³-hybridized carbons (Fsp3) is 0.269. The van der Waals surface area contributed by atoms with E-state index in [0.29, 0.717) is 34.1 Å². The highest BCUT2D eigenvalue weighted by atomic mass is 32.2. The molecule has 0 bridgehead atoms. The topological polar surface area (TPSA) is 104 Å². The van der Waals surface area contributed by atoms with Crippen molar-refractivity contribution in [1.82, 2.24) is 5.32 Å². The third-order valence-electron chi connectivity index (χ3n) is 5.18. The Bertz CT molecular complexity index is 1160. The zero-order chi connectivity index (χ0) is 24.5. The molecular weight excluding hydrogens is 450 g/mol. The summed E-state index contributed by atoms with van der Waals surface area (Å²) < 4.78 is 11.0. The van der Waals surface area contributed by atoms with Gasteiger partial charge in [-0.25, -0.2) is 4.79 Å². The number of ether oxygens (including phenoxy) is 1. The molecule has 1 aliphatic heterocycles. The van der Waals surface area contributed by atoms with Gasteiger partial charge in [0.05, 0.1) is 40.2 Å². The smallest absolute Gasteiger partial charge is 0.337 e. The molecule has 2 N–H and O–H groups in total. The lowest BCUT2D eigenvalue weighted by atomic mass is 9.85. The number of hydrogen-bond donors (Lipinski definition) is 2. The van der Waals surface area contributed by atoms with Crippen molar-refractivity contribution in [1.29, 1.82) is 5.26 Å². The van der Waals surface area contributed by atoms with E-state index in [4.69, 9.17) is 9.15 Å². The number of para-hydroxylation sites is 1. The van der Waals surface area contributed by atoms with E-state index in [1.807, 2.05) is 38.1 Å². The maximum atomic E-state index is 13.0. The molecule has 8 heteroatoms. The minimum absolute atomic E-state index is 0.0545. The monoisotopic (exact) mass is 477 g/mol. The van der Waals surface area contributed by atoms with E-state index in [2.05, 4.69) is 23.3 Å². The van der Waals surface area contributed by atoms with E-state index in [9.17, 15) is 14.9 Å². The molecule has 1 amide bonds. The number of hydrogen-bond acceptors (Lipinski definition) is 7. The number of esters is 1. The fourth-order valence-electron chi connectivity index (χ4n) is 3.63. The first kappa shape index (κ1) is 24.9. The third kappa shape index (κ3) is 5.80. The average Bonchev–Trinajstić information content (AvgIpc) is 3.37. The summed E-state index contributed by atoms with van der Waals surface area (Å²) in [5, 5.41) is 16.7. The van der Waals surface area contributed by atoms with Crippen molar-refractivity contribution in [3.63, 3.8) is 0 Å². The van der Waals surface area contributed by atoms with Crippen LogP contribution in [0.2, 0.25) is 0 Å². The van der Waals surface area contributed by atoms with Crippen LogP contribution in [0.4, 0.5) is 5.69 Å². The van der Waals surface area contributed by atoms with Gasteiger partial charge in [-0.2, -0.15) is 5.26 Å². The lowest BCUT2D eigenvalue weighted by Gasteiger charge is -2.29. The number of benzene rings is 1. The SMILES string of the molecule is C=CCOC(=O)C1=C(CCC)NC(SCC(=O)Nc2ccccc2C)=C(C#N)C1c1ccco1. The van der Waals surface area contributed by atoms with Gasteiger partial charge in [-0.1, -0.05) is 56.0 Å². The summed E-state index contributed by atoms with van der Waals surface area (Å²) in [4.78, 5) is 25.6. The molecule has 176 valence electrons. The first-order chi connectivity index (χ1) is 16.5. The molecule has 3 rings (SSSR count). The number of allylic oxidation sites excluding steroid dienone is 2. The van der Waals surface area contributed by atoms with E-state index in [0.717, 1.165) is 17.7 Å². The number of carbonyl (C=O) groups is 2. The fourth-order valence-corrected chi connectivity index (χ4v) is 4.49. The lowest BCUT2D eigenvalue weighted by molar-refractivity contribution is -0.138. The van der Waals surface area contributed by atoms with Crippen LogP contribution in [0, 0.1) is 18.3 Å². The molecule has 0 aliphatic carbocycles. The summed E-state index contributed by atoms with van der Waals surface area (Å²) in [5.74, 6) is -0.923. The Morgan fingerprint density at radius 1 is 1.32 bits per heavy atom. The Hall–Kier alpha value is -3.70. The molecule has 1 aliphatic rings. The molecule has 34 heavy (non-hydrogen) atoms. The molecule has 2 heterocycles. The van der Waals surface area contributed by atoms with Gasteiger partial charge < -0.3 is 19.8 Å². The van der Waals surface area contributed by atoms with Gasteiger partial charge >= 0.3 is 5.97 Å². The van der Waals surface area contributed by atoms with Crippen molar-refractivity contribution in [3.8, 4) is 6.07 Å². The molecule has 1 aromatic heterocycles. The van der Waals surface area contributed by atoms with Gasteiger partial charge in [-0.15, -0.1) is 0 Å². The molecule has 0 radical (unpaired) electrons. The van der Waals surface area contributed by atoms with Crippen LogP contribution in [0.15, 0.2) is 81.6 Å². The summed E-state index contributed by atoms with van der Waals surface area (Å²) in [7, 11) is 0. The highest BCUT2D eigenvalue weighted by Gasteiger charge is 2.38. The number of nitriles is 1. The molecule has 0 fully saturated rings. The highest BCUT2D eigenvalue weighted by molar-refractivity contribution is 8.03. The second kappa shape index (κ2) is 12.0. The highest BCUT2D eigenvalue weighted by Crippen LogP contribution is 2.42. The number of furan rings is 1. The number of anilines is 1. The van der Waals surface area contributed by atoms with Crippen molar-refractivity contribution >= 4 is 29.3 Å². The Morgan fingerprint density at radius 2 is 2.12 bits per heavy atom. The molecule has 2 aromatic rings. The summed E-state index contributed by atoms with van der Waals surface area (Å²) in [6.45, 7) is 7.56. The Kier molecular flexibility index (Phi) is 8.77. The predicted molar refractivity (Wildman–Crippen MR) is 133 cm³/mol. The second-order valence-electron chi connectivity index (χ2n) is 7.61. The molecule has 1 atom stereocenters. The number of amides is 1. The first-order valence-electron chi connectivity index (χ1n) is 10.9. The van der Waals surface area contributed by atoms with E-state index in [-0.39, 0.29) is 18.3 Å². The van der Waals surface area contributed by atoms with E-state index in [1.165, 1.54) is 24.1 Å². The molecule has 7 nitrogen and oxygen atoms in total. The Balaban J connectivity index is 1.91. The molecule has 0 spiro atoms. The number of carbonyl (C=O) groups excluding carboxylic acids is 2. The number of thioether (sulfide) groups is 1. The van der Waals surface area contributed by atoms with Crippen LogP contribution >= 0.6 is 11.8 Å². The Morgan fingerprint density at radius 3 is 2.76 bits per heavy atom. The van der Waals surface area contributed by atoms with E-state index < -0.39 is 11.9 Å². The van der Waals surface area contributed by atoms with Gasteiger partial charge in [0, 0.05) is 11.4 Å². The van der Waals surface area contributed by atoms with E-state index >= 15 is 0 Å². The van der Waals surface area contributed by atoms with Crippen molar-refractivity contribution in [2.24, 2.45) is 0 Å². The first-order valence-corrected chi connectivity index (χ1v) is 11.9. The largest absolute Gasteiger partial charge is 0.468 e. The molecule has 1 aromatic carbocycles. The van der Waals surface area contributed by atoms with Crippen LogP contribution in [-0.2, 0) is 14.3 Å². The van der Waals surface area contributed by atoms with Gasteiger partial charge in [0.15, 0.2) is 0 Å². The van der Waals surface area contributed by atoms with Gasteiger partial charge in [-0.3, -0.25) is 4.79 Å². The average molecular weight is 478 g/mol.